The van der Waals surface area contributed by atoms with Gasteiger partial charge in [0.1, 0.15) is 58.5 Å². The highest BCUT2D eigenvalue weighted by atomic mass is 32.3. The van der Waals surface area contributed by atoms with Crippen LogP contribution in [0, 0.1) is 12.8 Å². The van der Waals surface area contributed by atoms with E-state index in [0.717, 1.165) is 30.2 Å². The van der Waals surface area contributed by atoms with Crippen molar-refractivity contribution in [3.63, 3.8) is 0 Å². The molecule has 7 rings (SSSR count). The van der Waals surface area contributed by atoms with Crippen LogP contribution in [0.4, 0.5) is 0 Å². The fourth-order valence-electron chi connectivity index (χ4n) is 9.64. The number of hydrogen-bond acceptors (Lipinski definition) is 22. The number of nitrogens with one attached hydrogen (secondary N) is 5. The molecule has 16 N–H and O–H groups in total. The number of β-amino-alcohol motifs (C(OH)–C–C–N with tert-alkyl or cyclic N) is 1. The zero-order valence-electron chi connectivity index (χ0n) is 44.4. The fourth-order valence-corrected chi connectivity index (χ4v) is 10.9. The number of phenols is 1. The smallest absolute Gasteiger partial charge is 0.446 e. The van der Waals surface area contributed by atoms with Crippen molar-refractivity contribution in [1.82, 2.24) is 46.6 Å². The van der Waals surface area contributed by atoms with E-state index >= 15 is 0 Å². The zero-order chi connectivity index (χ0) is 60.9. The molecule has 0 radical (unpaired) electrons. The van der Waals surface area contributed by atoms with Crippen molar-refractivity contribution in [3.05, 3.63) is 83.4 Å². The minimum atomic E-state index is -5.33. The van der Waals surface area contributed by atoms with Gasteiger partial charge in [0.15, 0.2) is 11.5 Å². The Morgan fingerprint density at radius 1 is 0.783 bits per heavy atom. The molecule has 3 saturated heterocycles. The van der Waals surface area contributed by atoms with Gasteiger partial charge in [0.2, 0.25) is 41.4 Å². The van der Waals surface area contributed by atoms with Crippen LogP contribution in [0.2, 0.25) is 0 Å². The van der Waals surface area contributed by atoms with E-state index in [-0.39, 0.29) is 5.56 Å². The van der Waals surface area contributed by atoms with E-state index < -0.39 is 199 Å². The molecule has 30 nitrogen and oxygen atoms in total. The molecule has 0 bridgehead atoms. The molecule has 448 valence electrons. The van der Waals surface area contributed by atoms with Gasteiger partial charge >= 0.3 is 10.4 Å². The van der Waals surface area contributed by atoms with Crippen molar-refractivity contribution in [2.45, 2.75) is 119 Å². The van der Waals surface area contributed by atoms with Gasteiger partial charge in [-0.05, 0) is 43.7 Å². The van der Waals surface area contributed by atoms with Crippen LogP contribution in [0.5, 0.6) is 11.5 Å². The number of hydrogen-bond donors (Lipinski definition) is 15. The number of aryl methyl sites for hydroxylation is 1. The van der Waals surface area contributed by atoms with Crippen molar-refractivity contribution >= 4 is 69.0 Å². The molecule has 0 aliphatic carbocycles. The monoisotopic (exact) mass is 1200 g/mol. The third kappa shape index (κ3) is 15.1. The van der Waals surface area contributed by atoms with Crippen molar-refractivity contribution < 1.29 is 96.4 Å². The van der Waals surface area contributed by atoms with Gasteiger partial charge in [-0.25, -0.2) is 0 Å². The van der Waals surface area contributed by atoms with Crippen LogP contribution in [0.25, 0.3) is 21.1 Å². The maximum atomic E-state index is 14.6. The molecule has 0 saturated carbocycles. The number of nitrogens with zero attached hydrogens (tertiary/aromatic N) is 4. The molecule has 4 aromatic rings. The zero-order valence-corrected chi connectivity index (χ0v) is 46.0. The van der Waals surface area contributed by atoms with E-state index in [4.69, 9.17) is 5.73 Å². The van der Waals surface area contributed by atoms with Crippen LogP contribution >= 0.6 is 11.3 Å². The molecule has 14 atom stereocenters. The SMILES string of the molecule is Cc1ccc(-c2nnc(-c3ccc(C(=O)NC4CC(O)CNC(=O)C5C(O)C(C)CN5C(=O)C(C(O)CC(N)=O)NC(=O)C(C(O)C(O)c5ccc(O)c(OS(=O)(=O)O)c5)NC(=O)C5CC(O)CN5C(=O)C(C(C)O)NC4=O)cc3)s2)cc1. The number of primary amides is 1. The highest BCUT2D eigenvalue weighted by Gasteiger charge is 2.50. The maximum Gasteiger partial charge on any atom is 0.446 e. The van der Waals surface area contributed by atoms with Crippen LogP contribution in [0.1, 0.15) is 60.7 Å². The highest BCUT2D eigenvalue weighted by molar-refractivity contribution is 7.81. The second-order valence-electron chi connectivity index (χ2n) is 20.4. The number of benzene rings is 3. The molecule has 0 spiro atoms. The number of carbonyl (C=O) groups excluding carboxylic acids is 8. The summed E-state index contributed by atoms with van der Waals surface area (Å²) in [5.41, 5.74) is 7.21. The van der Waals surface area contributed by atoms with E-state index in [1.807, 2.05) is 31.2 Å². The molecular formula is C51H62N10O20S2. The van der Waals surface area contributed by atoms with Gasteiger partial charge in [-0.15, -0.1) is 10.2 Å². The van der Waals surface area contributed by atoms with Crippen LogP contribution in [0.15, 0.2) is 66.7 Å². The third-order valence-corrected chi connectivity index (χ3v) is 15.5. The number of aliphatic hydroxyl groups excluding tert-OH is 7. The Morgan fingerprint density at radius 3 is 1.98 bits per heavy atom. The van der Waals surface area contributed by atoms with E-state index in [9.17, 15) is 92.2 Å². The summed E-state index contributed by atoms with van der Waals surface area (Å²) in [6.45, 7) is 2.50. The number of aliphatic hydroxyl groups is 7. The predicted octanol–water partition coefficient (Wildman–Crippen LogP) is -4.62. The van der Waals surface area contributed by atoms with Gasteiger partial charge in [0, 0.05) is 55.1 Å². The molecule has 1 aromatic heterocycles. The number of aromatic nitrogens is 2. The first-order valence-electron chi connectivity index (χ1n) is 25.7. The molecular weight excluding hydrogens is 1140 g/mol. The summed E-state index contributed by atoms with van der Waals surface area (Å²) in [6.07, 6.45) is -16.6. The number of amides is 8. The molecule has 3 aliphatic rings. The van der Waals surface area contributed by atoms with Crippen LogP contribution in [-0.4, -0.2) is 214 Å². The summed E-state index contributed by atoms with van der Waals surface area (Å²) in [4.78, 5) is 114. The van der Waals surface area contributed by atoms with Gasteiger partial charge in [0.25, 0.3) is 5.91 Å². The van der Waals surface area contributed by atoms with Crippen LogP contribution in [-0.2, 0) is 44.0 Å². The Balaban J connectivity index is 1.24. The van der Waals surface area contributed by atoms with Crippen molar-refractivity contribution in [2.75, 3.05) is 19.6 Å². The normalized spacial score (nSPS) is 26.6. The summed E-state index contributed by atoms with van der Waals surface area (Å²) in [7, 11) is -5.33. The summed E-state index contributed by atoms with van der Waals surface area (Å²) >= 11 is 1.28. The second-order valence-corrected chi connectivity index (χ2v) is 22.4. The summed E-state index contributed by atoms with van der Waals surface area (Å²) in [5, 5.41) is 111. The van der Waals surface area contributed by atoms with Gasteiger partial charge in [-0.3, -0.25) is 42.9 Å². The Labute approximate surface area is 476 Å². The Bertz CT molecular complexity index is 3210. The number of fused-ring (bicyclic) bond motifs is 2. The number of nitrogens with two attached hydrogens (primary N) is 1. The van der Waals surface area contributed by atoms with E-state index in [1.54, 1.807) is 12.1 Å². The molecule has 83 heavy (non-hydrogen) atoms. The summed E-state index contributed by atoms with van der Waals surface area (Å²) in [6, 6.07) is 3.28. The van der Waals surface area contributed by atoms with Crippen molar-refractivity contribution in [3.8, 4) is 32.6 Å². The third-order valence-electron chi connectivity index (χ3n) is 14.1. The van der Waals surface area contributed by atoms with E-state index in [1.165, 1.54) is 30.4 Å². The Kier molecular flexibility index (Phi) is 19.8. The van der Waals surface area contributed by atoms with Crippen molar-refractivity contribution in [2.24, 2.45) is 11.7 Å². The van der Waals surface area contributed by atoms with E-state index in [0.29, 0.717) is 31.4 Å². The standard InChI is InChI=1S/C51H62N10O20S2/c1-21-4-6-25(7-5-21)48-58-59-49(82-48)26-10-8-24(9-11-26)43(71)54-30-15-28(63)18-53-47(75)39-40(68)22(2)19-61(39)51(77)37(33(66)17-35(52)67)56-46(74)38(42(70)41(69)27-12-13-32(65)34(14-27)81-83(78,79)80)57-45(73)31-16-29(64)20-60(31)50(76)36(23(3)62)55-44(30)72/h4-14,22-23,28-31,33,36-42,62-66,68-70H,15-20H2,1-3H3,(H2,52,67)(H,53,75)(H,54,71)(H,55,72)(H,56,74)(H,57,73)(H,78,79,80). The Hall–Kier alpha value is -7.79. The Morgan fingerprint density at radius 2 is 1.37 bits per heavy atom. The number of rotatable bonds is 13. The van der Waals surface area contributed by atoms with Gasteiger partial charge in [-0.1, -0.05) is 66.3 Å². The lowest BCUT2D eigenvalue weighted by Gasteiger charge is -2.34. The fraction of sp³-hybridized carbons (Fsp3) is 0.451. The van der Waals surface area contributed by atoms with Crippen LogP contribution < -0.4 is 36.5 Å². The van der Waals surface area contributed by atoms with Gasteiger partial charge < -0.3 is 87.2 Å². The largest absolute Gasteiger partial charge is 0.504 e. The topological polar surface area (TPSA) is 480 Å². The lowest BCUT2D eigenvalue weighted by molar-refractivity contribution is -0.148. The average Bonchev–Trinajstić information content (AvgIpc) is 4.27. The van der Waals surface area contributed by atoms with E-state index in [2.05, 4.69) is 41.0 Å². The summed E-state index contributed by atoms with van der Waals surface area (Å²) in [5.74, 6) is -13.1. The average molecular weight is 1200 g/mol. The first-order chi connectivity index (χ1) is 39.0. The lowest BCUT2D eigenvalue weighted by atomic mass is 9.96. The minimum Gasteiger partial charge on any atom is -0.504 e. The predicted molar refractivity (Wildman–Crippen MR) is 286 cm³/mol. The molecule has 8 amide bonds. The summed E-state index contributed by atoms with van der Waals surface area (Å²) < 4.78 is 36.7. The minimum absolute atomic E-state index is 0.0192. The van der Waals surface area contributed by atoms with Gasteiger partial charge in [-0.2, -0.15) is 8.42 Å². The molecule has 32 heteroatoms. The molecule has 3 fully saturated rings. The van der Waals surface area contributed by atoms with Gasteiger partial charge in [0.05, 0.1) is 36.9 Å². The first-order valence-corrected chi connectivity index (χ1v) is 27.9. The number of carbonyl (C=O) groups is 8. The quantitative estimate of drug-likeness (QED) is 0.0560. The van der Waals surface area contributed by atoms with Crippen LogP contribution in [0.3, 0.4) is 0 Å². The highest BCUT2D eigenvalue weighted by Crippen LogP contribution is 2.34. The molecule has 4 heterocycles. The van der Waals surface area contributed by atoms with Crippen molar-refractivity contribution in [1.29, 1.82) is 0 Å². The number of phenolic OH excluding ortho intramolecular Hbond substituents is 1. The lowest BCUT2D eigenvalue weighted by Crippen LogP contribution is -2.64. The second kappa shape index (κ2) is 26.2. The maximum absolute atomic E-state index is 14.6. The molecule has 3 aliphatic heterocycles. The molecule has 14 unspecified atom stereocenters. The first kappa shape index (κ1) is 62.8. The number of aromatic hydroxyl groups is 1. The molecule has 3 aromatic carbocycles.